The summed E-state index contributed by atoms with van der Waals surface area (Å²) in [6, 6.07) is 6.49. The molecule has 0 aromatic heterocycles. The Labute approximate surface area is 193 Å². The molecule has 186 valence electrons. The largest absolute Gasteiger partial charge is 0.454 e. The summed E-state index contributed by atoms with van der Waals surface area (Å²) in [5.41, 5.74) is -1.44. The Kier molecular flexibility index (Phi) is 6.43. The Morgan fingerprint density at radius 1 is 0.676 bits per heavy atom. The zero-order valence-electron chi connectivity index (χ0n) is 19.3. The quantitative estimate of drug-likeness (QED) is 0.474. The highest BCUT2D eigenvalue weighted by atomic mass is 19.4. The molecule has 0 aliphatic carbocycles. The van der Waals surface area contributed by atoms with Gasteiger partial charge in [-0.3, -0.25) is 9.59 Å². The fourth-order valence-electron chi connectivity index (χ4n) is 4.14. The number of nitrogens with zero attached hydrogens (tertiary/aromatic N) is 2. The topological polar surface area (TPSA) is 40.6 Å². The van der Waals surface area contributed by atoms with Crippen LogP contribution in [0.2, 0.25) is 0 Å². The summed E-state index contributed by atoms with van der Waals surface area (Å²) >= 11 is 0. The summed E-state index contributed by atoms with van der Waals surface area (Å²) in [5, 5.41) is 0. The lowest BCUT2D eigenvalue weighted by atomic mass is 9.77. The molecule has 0 atom stereocenters. The van der Waals surface area contributed by atoms with Crippen molar-refractivity contribution in [3.05, 3.63) is 47.8 Å². The molecule has 0 unspecified atom stereocenters. The number of alkyl halides is 6. The molecule has 0 fully saturated rings. The molecule has 2 aliphatic heterocycles. The molecule has 2 aliphatic rings. The molecule has 0 saturated carbocycles. The number of ketones is 2. The van der Waals surface area contributed by atoms with Gasteiger partial charge in [-0.2, -0.15) is 26.3 Å². The van der Waals surface area contributed by atoms with Crippen molar-refractivity contribution in [2.45, 2.75) is 52.9 Å². The number of anilines is 2. The van der Waals surface area contributed by atoms with E-state index in [0.717, 1.165) is 0 Å². The number of carbonyl (C=O) groups is 2. The Balaban J connectivity index is 1.89. The van der Waals surface area contributed by atoms with Gasteiger partial charge < -0.3 is 9.80 Å². The van der Waals surface area contributed by atoms with Crippen molar-refractivity contribution >= 4 is 22.9 Å². The molecule has 4 nitrogen and oxygen atoms in total. The number of Topliss-reactive ketones (excluding diaryl/α,β-unsaturated/α-hetero) is 2. The van der Waals surface area contributed by atoms with Crippen molar-refractivity contribution in [1.29, 1.82) is 0 Å². The predicted octanol–water partition coefficient (Wildman–Crippen LogP) is 6.19. The van der Waals surface area contributed by atoms with Crippen LogP contribution < -0.4 is 9.80 Å². The lowest BCUT2D eigenvalue weighted by Gasteiger charge is -2.38. The van der Waals surface area contributed by atoms with E-state index in [1.54, 1.807) is 61.8 Å². The number of benzene rings is 1. The summed E-state index contributed by atoms with van der Waals surface area (Å²) in [4.78, 5) is 27.0. The highest BCUT2D eigenvalue weighted by Gasteiger charge is 2.47. The van der Waals surface area contributed by atoms with Gasteiger partial charge in [-0.05, 0) is 47.9 Å². The Hall–Kier alpha value is -2.78. The van der Waals surface area contributed by atoms with Crippen molar-refractivity contribution in [1.82, 2.24) is 0 Å². The van der Waals surface area contributed by atoms with E-state index in [2.05, 4.69) is 0 Å². The van der Waals surface area contributed by atoms with Crippen molar-refractivity contribution in [3.63, 3.8) is 0 Å². The van der Waals surface area contributed by atoms with Crippen LogP contribution in [0.4, 0.5) is 37.7 Å². The van der Waals surface area contributed by atoms with Gasteiger partial charge in [0, 0.05) is 48.0 Å². The molecule has 10 heteroatoms. The minimum absolute atomic E-state index is 0.327. The van der Waals surface area contributed by atoms with E-state index < -0.39 is 34.7 Å². The van der Waals surface area contributed by atoms with E-state index in [1.807, 2.05) is 0 Å². The molecule has 0 amide bonds. The van der Waals surface area contributed by atoms with E-state index in [4.69, 9.17) is 0 Å². The molecule has 0 bridgehead atoms. The highest BCUT2D eigenvalue weighted by Crippen LogP contribution is 2.42. The fourth-order valence-corrected chi connectivity index (χ4v) is 4.14. The number of carbonyl (C=O) groups excluding carboxylic acids is 2. The lowest BCUT2D eigenvalue weighted by molar-refractivity contribution is -0.167. The van der Waals surface area contributed by atoms with Crippen LogP contribution in [0.3, 0.4) is 0 Å². The minimum atomic E-state index is -4.98. The van der Waals surface area contributed by atoms with Gasteiger partial charge in [-0.25, -0.2) is 0 Å². The van der Waals surface area contributed by atoms with E-state index in [9.17, 15) is 35.9 Å². The van der Waals surface area contributed by atoms with Gasteiger partial charge in [0.2, 0.25) is 0 Å². The maximum Gasteiger partial charge on any atom is 0.454 e. The van der Waals surface area contributed by atoms with Gasteiger partial charge in [-0.15, -0.1) is 0 Å². The van der Waals surface area contributed by atoms with Gasteiger partial charge in [0.15, 0.2) is 0 Å². The summed E-state index contributed by atoms with van der Waals surface area (Å²) in [6.45, 7) is 7.14. The highest BCUT2D eigenvalue weighted by molar-refractivity contribution is 6.02. The Bertz CT molecular complexity index is 950. The first-order valence-electron chi connectivity index (χ1n) is 10.7. The first-order valence-corrected chi connectivity index (χ1v) is 10.7. The normalized spacial score (nSPS) is 20.5. The Morgan fingerprint density at radius 2 is 0.971 bits per heavy atom. The summed E-state index contributed by atoms with van der Waals surface area (Å²) in [5.74, 6) is -3.75. The number of allylic oxidation sites excluding steroid dienone is 2. The van der Waals surface area contributed by atoms with Crippen LogP contribution in [0.1, 0.15) is 40.5 Å². The van der Waals surface area contributed by atoms with Gasteiger partial charge in [0.1, 0.15) is 0 Å². The lowest BCUT2D eigenvalue weighted by Crippen LogP contribution is -2.39. The first kappa shape index (κ1) is 25.8. The van der Waals surface area contributed by atoms with Gasteiger partial charge in [-0.1, -0.05) is 27.7 Å². The molecular weight excluding hydrogens is 462 g/mol. The standard InChI is InChI=1S/C24H26F6N2O2/c1-21(2)9-11-31(13-17(21)19(33)23(25,26)27)15-5-7-16(8-6-15)32-12-10-22(3,4)18(14-32)20(34)24(28,29)30/h5-8,13-14H,9-12H2,1-4H3. The summed E-state index contributed by atoms with van der Waals surface area (Å²) < 4.78 is 78.4. The van der Waals surface area contributed by atoms with Gasteiger partial charge in [0.25, 0.3) is 11.6 Å². The zero-order valence-corrected chi connectivity index (χ0v) is 19.3. The third-order valence-electron chi connectivity index (χ3n) is 6.50. The second-order valence-corrected chi connectivity index (χ2v) is 9.91. The molecule has 0 radical (unpaired) electrons. The second kappa shape index (κ2) is 8.46. The molecular formula is C24H26F6N2O2. The molecule has 34 heavy (non-hydrogen) atoms. The first-order chi connectivity index (χ1) is 15.4. The van der Waals surface area contributed by atoms with Crippen LogP contribution in [-0.4, -0.2) is 37.0 Å². The summed E-state index contributed by atoms with van der Waals surface area (Å²) in [6.07, 6.45) is -6.86. The Morgan fingerprint density at radius 3 is 1.24 bits per heavy atom. The van der Waals surface area contributed by atoms with Crippen molar-refractivity contribution in [2.75, 3.05) is 22.9 Å². The molecule has 1 aromatic rings. The SMILES string of the molecule is CC1(C)CCN(c2ccc(N3C=C(C(=O)C(F)(F)F)C(C)(C)CC3)cc2)C=C1C(=O)C(F)(F)F. The monoisotopic (exact) mass is 488 g/mol. The van der Waals surface area contributed by atoms with Crippen LogP contribution in [0.25, 0.3) is 0 Å². The van der Waals surface area contributed by atoms with Crippen LogP contribution in [0.15, 0.2) is 47.8 Å². The van der Waals surface area contributed by atoms with Crippen LogP contribution in [-0.2, 0) is 9.59 Å². The number of rotatable bonds is 4. The maximum atomic E-state index is 13.1. The smallest absolute Gasteiger partial charge is 0.348 e. The van der Waals surface area contributed by atoms with Crippen LogP contribution in [0, 0.1) is 10.8 Å². The zero-order chi connectivity index (χ0) is 25.7. The van der Waals surface area contributed by atoms with Crippen LogP contribution >= 0.6 is 0 Å². The van der Waals surface area contributed by atoms with Gasteiger partial charge in [0.05, 0.1) is 0 Å². The average Bonchev–Trinajstić information content (AvgIpc) is 2.71. The summed E-state index contributed by atoms with van der Waals surface area (Å²) in [7, 11) is 0. The third-order valence-corrected chi connectivity index (χ3v) is 6.50. The van der Waals surface area contributed by atoms with E-state index in [-0.39, 0.29) is 11.1 Å². The van der Waals surface area contributed by atoms with Crippen LogP contribution in [0.5, 0.6) is 0 Å². The third kappa shape index (κ3) is 5.15. The fraction of sp³-hybridized carbons (Fsp3) is 0.500. The molecule has 2 heterocycles. The molecule has 3 rings (SSSR count). The van der Waals surface area contributed by atoms with E-state index >= 15 is 0 Å². The number of hydrogen-bond acceptors (Lipinski definition) is 4. The van der Waals surface area contributed by atoms with Crippen molar-refractivity contribution in [3.8, 4) is 0 Å². The average molecular weight is 488 g/mol. The minimum Gasteiger partial charge on any atom is -0.348 e. The van der Waals surface area contributed by atoms with Crippen molar-refractivity contribution < 1.29 is 35.9 Å². The second-order valence-electron chi connectivity index (χ2n) is 9.91. The van der Waals surface area contributed by atoms with Crippen molar-refractivity contribution in [2.24, 2.45) is 10.8 Å². The van der Waals surface area contributed by atoms with E-state index in [0.29, 0.717) is 37.3 Å². The number of hydrogen-bond donors (Lipinski definition) is 0. The maximum absolute atomic E-state index is 13.1. The number of halogens is 6. The molecule has 0 N–H and O–H groups in total. The molecule has 0 saturated heterocycles. The predicted molar refractivity (Wildman–Crippen MR) is 116 cm³/mol. The molecule has 1 aromatic carbocycles. The van der Waals surface area contributed by atoms with E-state index in [1.165, 1.54) is 12.4 Å². The van der Waals surface area contributed by atoms with Gasteiger partial charge >= 0.3 is 12.4 Å². The molecule has 0 spiro atoms.